The summed E-state index contributed by atoms with van der Waals surface area (Å²) in [6.45, 7) is 4.12. The van der Waals surface area contributed by atoms with Crippen molar-refractivity contribution in [1.82, 2.24) is 19.5 Å². The van der Waals surface area contributed by atoms with E-state index in [0.29, 0.717) is 13.2 Å². The van der Waals surface area contributed by atoms with E-state index in [0.717, 1.165) is 0 Å². The van der Waals surface area contributed by atoms with Gasteiger partial charge in [0.05, 0.1) is 18.9 Å². The van der Waals surface area contributed by atoms with E-state index >= 15 is 4.39 Å². The van der Waals surface area contributed by atoms with E-state index in [4.69, 9.17) is 10.8 Å². The summed E-state index contributed by atoms with van der Waals surface area (Å²) in [5, 5.41) is 12.2. The highest BCUT2D eigenvalue weighted by Crippen LogP contribution is 2.52. The Morgan fingerprint density at radius 2 is 2.27 bits per heavy atom. The average molecular weight is 373 g/mol. The van der Waals surface area contributed by atoms with E-state index < -0.39 is 30.3 Å². The van der Waals surface area contributed by atoms with Crippen molar-refractivity contribution in [2.45, 2.75) is 45.4 Å². The van der Waals surface area contributed by atoms with Crippen molar-refractivity contribution < 1.29 is 24.7 Å². The maximum Gasteiger partial charge on any atom is 0.247 e. The van der Waals surface area contributed by atoms with Crippen LogP contribution in [0.1, 0.15) is 35.3 Å². The van der Waals surface area contributed by atoms with Gasteiger partial charge in [0.25, 0.3) is 0 Å². The number of hydrogen-bond acceptors (Lipinski definition) is 7. The number of aliphatic hydroxyl groups is 1. The zero-order valence-electron chi connectivity index (χ0n) is 15.9. The molecule has 0 unspecified atom stereocenters. The number of nitrogens with one attached hydrogen (secondary N) is 1. The van der Waals surface area contributed by atoms with Gasteiger partial charge in [0.2, 0.25) is 17.7 Å². The third kappa shape index (κ3) is 2.77. The number of alkyl halides is 2. The van der Waals surface area contributed by atoms with Crippen LogP contribution in [0.2, 0.25) is 0 Å². The summed E-state index contributed by atoms with van der Waals surface area (Å²) < 4.78 is 49.4. The molecule has 1 fully saturated rings. The summed E-state index contributed by atoms with van der Waals surface area (Å²) in [5.41, 5.74) is -1.65. The number of fused-ring (bicyclic) bond motifs is 1. The van der Waals surface area contributed by atoms with Crippen LogP contribution in [0.25, 0.3) is 11.2 Å². The second-order valence-electron chi connectivity index (χ2n) is 6.32. The molecule has 2 aromatic heterocycles. The second kappa shape index (κ2) is 6.58. The molecule has 26 heavy (non-hydrogen) atoms. The summed E-state index contributed by atoms with van der Waals surface area (Å²) in [7, 11) is 0. The summed E-state index contributed by atoms with van der Waals surface area (Å²) in [6.07, 6.45) is -0.0999. The minimum atomic E-state index is -2.52. The van der Waals surface area contributed by atoms with E-state index in [1.54, 1.807) is 6.92 Å². The van der Waals surface area contributed by atoms with E-state index in [-0.39, 0.29) is 29.9 Å². The predicted octanol–water partition coefficient (Wildman–Crippen LogP) is 2.21. The Bertz CT molecular complexity index is 821. The second-order valence-corrected chi connectivity index (χ2v) is 6.32. The molecule has 10 heteroatoms. The van der Waals surface area contributed by atoms with Gasteiger partial charge in [-0.2, -0.15) is 9.97 Å². The van der Waals surface area contributed by atoms with Crippen LogP contribution in [0, 0.1) is 5.92 Å². The molecule has 0 aromatic carbocycles. The van der Waals surface area contributed by atoms with E-state index in [2.05, 4.69) is 20.3 Å². The molecule has 0 saturated carbocycles. The fourth-order valence-electron chi connectivity index (χ4n) is 3.03. The minimum Gasteiger partial charge on any atom is -0.476 e. The van der Waals surface area contributed by atoms with Gasteiger partial charge in [0.15, 0.2) is 23.1 Å². The summed E-state index contributed by atoms with van der Waals surface area (Å²) in [6, 6.07) is 0. The molecule has 8 nitrogen and oxygen atoms in total. The quantitative estimate of drug-likeness (QED) is 0.802. The molecule has 0 spiro atoms. The van der Waals surface area contributed by atoms with Gasteiger partial charge in [-0.1, -0.05) is 6.92 Å². The summed E-state index contributed by atoms with van der Waals surface area (Å²) in [5.74, 6) is -3.37. The lowest BCUT2D eigenvalue weighted by Gasteiger charge is -2.25. The number of aliphatic hydroxyl groups excluding tert-OH is 1. The van der Waals surface area contributed by atoms with Crippen LogP contribution in [0.5, 0.6) is 5.88 Å². The third-order valence-electron chi connectivity index (χ3n) is 4.71. The number of imidazole rings is 1. The highest BCUT2D eigenvalue weighted by atomic mass is 19.2. The molecular formula is C16H23F2N5O3. The number of rotatable bonds is 6. The molecule has 4 atom stereocenters. The van der Waals surface area contributed by atoms with Crippen LogP contribution in [0.15, 0.2) is 6.33 Å². The molecular weight excluding hydrogens is 348 g/mol. The summed E-state index contributed by atoms with van der Waals surface area (Å²) in [4.78, 5) is 12.7. The number of anilines is 1. The van der Waals surface area contributed by atoms with E-state index in [1.165, 1.54) is 24.7 Å². The molecule has 3 rings (SSSR count). The van der Waals surface area contributed by atoms with Gasteiger partial charge in [-0.3, -0.25) is 4.57 Å². The number of hydrogen-bond donors (Lipinski definition) is 2. The lowest BCUT2D eigenvalue weighted by atomic mass is 9.88. The van der Waals surface area contributed by atoms with Gasteiger partial charge in [0, 0.05) is 7.92 Å². The predicted molar refractivity (Wildman–Crippen MR) is 90.4 cm³/mol. The zero-order valence-corrected chi connectivity index (χ0v) is 14.9. The molecule has 0 amide bonds. The van der Waals surface area contributed by atoms with Gasteiger partial charge in [-0.05, 0) is 20.7 Å². The standard InChI is InChI=1S/C16H23F2N5O3/c1-5-19-14-21-11-10(12(22-14)25-6-2)20-8-23(11)13-15(4,17)9(3)16(18,7-24)26-13/h8-9,13,24H,5-7H2,1-4H3,(H,19,21,22)/t9-,13+,15+,16+/m0/s1/i1T. The van der Waals surface area contributed by atoms with Crippen molar-refractivity contribution in [3.63, 3.8) is 0 Å². The maximum atomic E-state index is 15.4. The molecule has 1 aliphatic rings. The number of nitrogens with zero attached hydrogens (tertiary/aromatic N) is 4. The lowest BCUT2D eigenvalue weighted by Crippen LogP contribution is -2.39. The van der Waals surface area contributed by atoms with Crippen LogP contribution in [-0.4, -0.2) is 55.9 Å². The van der Waals surface area contributed by atoms with Gasteiger partial charge >= 0.3 is 0 Å². The van der Waals surface area contributed by atoms with Crippen LogP contribution in [0.3, 0.4) is 0 Å². The Kier molecular flexibility index (Phi) is 4.39. The first kappa shape index (κ1) is 17.3. The average Bonchev–Trinajstić information content (AvgIpc) is 3.14. The van der Waals surface area contributed by atoms with Gasteiger partial charge < -0.3 is 19.9 Å². The van der Waals surface area contributed by atoms with Crippen molar-refractivity contribution in [3.8, 4) is 5.88 Å². The van der Waals surface area contributed by atoms with Gasteiger partial charge in [0.1, 0.15) is 6.61 Å². The molecule has 1 saturated heterocycles. The highest BCUT2D eigenvalue weighted by Gasteiger charge is 2.62. The molecule has 0 radical (unpaired) electrons. The van der Waals surface area contributed by atoms with Crippen LogP contribution >= 0.6 is 0 Å². The number of aromatic nitrogens is 4. The molecule has 0 bridgehead atoms. The number of ether oxygens (including phenoxy) is 2. The molecule has 144 valence electrons. The molecule has 2 aromatic rings. The fourth-order valence-corrected chi connectivity index (χ4v) is 3.03. The van der Waals surface area contributed by atoms with Crippen molar-refractivity contribution in [1.29, 1.82) is 0 Å². The van der Waals surface area contributed by atoms with Crippen LogP contribution < -0.4 is 10.1 Å². The Morgan fingerprint density at radius 1 is 1.50 bits per heavy atom. The lowest BCUT2D eigenvalue weighted by molar-refractivity contribution is -0.191. The monoisotopic (exact) mass is 373 g/mol. The Hall–Kier alpha value is -2.07. The summed E-state index contributed by atoms with van der Waals surface area (Å²) >= 11 is 0. The van der Waals surface area contributed by atoms with E-state index in [9.17, 15) is 9.50 Å². The van der Waals surface area contributed by atoms with Crippen LogP contribution in [0.4, 0.5) is 14.7 Å². The topological polar surface area (TPSA) is 94.3 Å². The zero-order chi connectivity index (χ0) is 19.8. The minimum absolute atomic E-state index is 0.108. The largest absolute Gasteiger partial charge is 0.476 e. The first-order chi connectivity index (χ1) is 12.8. The van der Waals surface area contributed by atoms with Gasteiger partial charge in [-0.15, -0.1) is 0 Å². The molecule has 1 aliphatic heterocycles. The smallest absolute Gasteiger partial charge is 0.247 e. The fraction of sp³-hybridized carbons (Fsp3) is 0.688. The third-order valence-corrected chi connectivity index (χ3v) is 4.71. The molecule has 2 N–H and O–H groups in total. The SMILES string of the molecule is [3H]CCNc1nc(OCC)c2ncn([C@@H]3O[C@](F)(CO)[C@@H](C)[C@@]3(C)F)c2n1. The normalized spacial score (nSPS) is 32.0. The molecule has 3 heterocycles. The first-order valence-electron chi connectivity index (χ1n) is 9.06. The number of halogens is 2. The Labute approximate surface area is 151 Å². The molecule has 0 aliphatic carbocycles. The maximum absolute atomic E-state index is 15.4. The van der Waals surface area contributed by atoms with Crippen molar-refractivity contribution in [3.05, 3.63) is 6.33 Å². The van der Waals surface area contributed by atoms with E-state index in [1.807, 2.05) is 0 Å². The first-order valence-corrected chi connectivity index (χ1v) is 8.35. The van der Waals surface area contributed by atoms with Crippen molar-refractivity contribution >= 4 is 17.1 Å². The highest BCUT2D eigenvalue weighted by molar-refractivity contribution is 5.78. The Balaban J connectivity index is 2.10. The van der Waals surface area contributed by atoms with Crippen molar-refractivity contribution in [2.75, 3.05) is 25.1 Å². The Morgan fingerprint density at radius 3 is 2.88 bits per heavy atom. The van der Waals surface area contributed by atoms with Crippen molar-refractivity contribution in [2.24, 2.45) is 5.92 Å². The van der Waals surface area contributed by atoms with Crippen LogP contribution in [-0.2, 0) is 4.74 Å². The van der Waals surface area contributed by atoms with Gasteiger partial charge in [-0.25, -0.2) is 13.8 Å².